The van der Waals surface area contributed by atoms with Crippen molar-refractivity contribution in [2.75, 3.05) is 20.2 Å². The Hall–Kier alpha value is -1.29. The minimum atomic E-state index is -0.418. The van der Waals surface area contributed by atoms with Gasteiger partial charge in [0, 0.05) is 6.54 Å². The van der Waals surface area contributed by atoms with E-state index in [1.165, 1.54) is 13.5 Å². The van der Waals surface area contributed by atoms with Crippen LogP contribution >= 0.6 is 0 Å². The van der Waals surface area contributed by atoms with Crippen LogP contribution in [-0.4, -0.2) is 31.1 Å². The van der Waals surface area contributed by atoms with Gasteiger partial charge in [0.2, 0.25) is 5.76 Å². The third kappa shape index (κ3) is 2.52. The van der Waals surface area contributed by atoms with E-state index in [1.54, 1.807) is 6.07 Å². The Labute approximate surface area is 102 Å². The fourth-order valence-electron chi connectivity index (χ4n) is 2.29. The number of hydrogen-bond acceptors (Lipinski definition) is 4. The molecule has 2 rings (SSSR count). The third-order valence-corrected chi connectivity index (χ3v) is 3.43. The quantitative estimate of drug-likeness (QED) is 0.757. The summed E-state index contributed by atoms with van der Waals surface area (Å²) in [6, 6.07) is 3.76. The molecule has 4 heteroatoms. The number of esters is 1. The Morgan fingerprint density at radius 3 is 2.94 bits per heavy atom. The molecule has 2 unspecified atom stereocenters. The van der Waals surface area contributed by atoms with E-state index in [0.717, 1.165) is 24.8 Å². The SMILES string of the molecule is COC(=O)c1ccc(C(C)N2CCC(C)C2)o1. The Morgan fingerprint density at radius 2 is 2.35 bits per heavy atom. The summed E-state index contributed by atoms with van der Waals surface area (Å²) >= 11 is 0. The zero-order valence-corrected chi connectivity index (χ0v) is 10.6. The first kappa shape index (κ1) is 12.2. The van der Waals surface area contributed by atoms with Gasteiger partial charge in [0.15, 0.2) is 0 Å². The highest BCUT2D eigenvalue weighted by Gasteiger charge is 2.26. The van der Waals surface area contributed by atoms with Crippen LogP contribution in [0.15, 0.2) is 16.5 Å². The van der Waals surface area contributed by atoms with Gasteiger partial charge in [-0.05, 0) is 37.9 Å². The number of carbonyl (C=O) groups is 1. The van der Waals surface area contributed by atoms with Crippen LogP contribution in [0.25, 0.3) is 0 Å². The Balaban J connectivity index is 2.06. The van der Waals surface area contributed by atoms with Crippen LogP contribution < -0.4 is 0 Å². The van der Waals surface area contributed by atoms with E-state index in [4.69, 9.17) is 4.42 Å². The maximum atomic E-state index is 11.3. The minimum absolute atomic E-state index is 0.221. The van der Waals surface area contributed by atoms with Gasteiger partial charge >= 0.3 is 5.97 Å². The minimum Gasteiger partial charge on any atom is -0.463 e. The lowest BCUT2D eigenvalue weighted by Gasteiger charge is -2.21. The Kier molecular flexibility index (Phi) is 3.52. The van der Waals surface area contributed by atoms with Gasteiger partial charge in [0.05, 0.1) is 13.2 Å². The van der Waals surface area contributed by atoms with Crippen molar-refractivity contribution in [3.05, 3.63) is 23.7 Å². The molecule has 1 aromatic rings. The van der Waals surface area contributed by atoms with Crippen LogP contribution in [0, 0.1) is 5.92 Å². The van der Waals surface area contributed by atoms with E-state index in [-0.39, 0.29) is 11.8 Å². The van der Waals surface area contributed by atoms with Crippen molar-refractivity contribution in [3.63, 3.8) is 0 Å². The van der Waals surface area contributed by atoms with Gasteiger partial charge in [-0.25, -0.2) is 4.79 Å². The smallest absolute Gasteiger partial charge is 0.373 e. The predicted octanol–water partition coefficient (Wildman–Crippen LogP) is 2.47. The largest absolute Gasteiger partial charge is 0.463 e. The summed E-state index contributed by atoms with van der Waals surface area (Å²) in [7, 11) is 1.36. The number of methoxy groups -OCH3 is 1. The van der Waals surface area contributed by atoms with Gasteiger partial charge in [-0.1, -0.05) is 6.92 Å². The van der Waals surface area contributed by atoms with Crippen molar-refractivity contribution >= 4 is 5.97 Å². The summed E-state index contributed by atoms with van der Waals surface area (Å²) in [4.78, 5) is 13.7. The summed E-state index contributed by atoms with van der Waals surface area (Å²) in [5.74, 6) is 1.44. The molecule has 0 saturated carbocycles. The van der Waals surface area contributed by atoms with Crippen LogP contribution in [0.4, 0.5) is 0 Å². The first-order chi connectivity index (χ1) is 8.11. The highest BCUT2D eigenvalue weighted by atomic mass is 16.5. The van der Waals surface area contributed by atoms with E-state index in [1.807, 2.05) is 6.07 Å². The van der Waals surface area contributed by atoms with E-state index in [0.29, 0.717) is 0 Å². The van der Waals surface area contributed by atoms with Crippen LogP contribution in [0.1, 0.15) is 42.6 Å². The molecular weight excluding hydrogens is 218 g/mol. The van der Waals surface area contributed by atoms with Crippen LogP contribution in [0.5, 0.6) is 0 Å². The highest BCUT2D eigenvalue weighted by Crippen LogP contribution is 2.28. The maximum absolute atomic E-state index is 11.3. The molecule has 1 aliphatic heterocycles. The van der Waals surface area contributed by atoms with Crippen LogP contribution in [0.3, 0.4) is 0 Å². The van der Waals surface area contributed by atoms with Gasteiger partial charge in [0.1, 0.15) is 5.76 Å². The number of carbonyl (C=O) groups excluding carboxylic acids is 1. The predicted molar refractivity (Wildman–Crippen MR) is 63.8 cm³/mol. The molecule has 1 aliphatic rings. The molecule has 17 heavy (non-hydrogen) atoms. The Morgan fingerprint density at radius 1 is 1.59 bits per heavy atom. The number of likely N-dealkylation sites (tertiary alicyclic amines) is 1. The topological polar surface area (TPSA) is 42.7 Å². The second-order valence-corrected chi connectivity index (χ2v) is 4.76. The normalized spacial score (nSPS) is 22.6. The molecule has 1 fully saturated rings. The molecule has 1 saturated heterocycles. The van der Waals surface area contributed by atoms with E-state index < -0.39 is 5.97 Å². The van der Waals surface area contributed by atoms with Crippen LogP contribution in [0.2, 0.25) is 0 Å². The molecule has 0 bridgehead atoms. The second kappa shape index (κ2) is 4.92. The molecule has 0 spiro atoms. The second-order valence-electron chi connectivity index (χ2n) is 4.76. The number of nitrogens with zero attached hydrogens (tertiary/aromatic N) is 1. The van der Waals surface area contributed by atoms with E-state index >= 15 is 0 Å². The average Bonchev–Trinajstić information content (AvgIpc) is 2.95. The standard InChI is InChI=1S/C13H19NO3/c1-9-6-7-14(8-9)10(2)11-4-5-12(17-11)13(15)16-3/h4-5,9-10H,6-8H2,1-3H3. The molecule has 0 N–H and O–H groups in total. The summed E-state index contributed by atoms with van der Waals surface area (Å²) < 4.78 is 10.2. The average molecular weight is 237 g/mol. The lowest BCUT2D eigenvalue weighted by Crippen LogP contribution is -2.23. The van der Waals surface area contributed by atoms with E-state index in [2.05, 4.69) is 23.5 Å². The molecule has 94 valence electrons. The summed E-state index contributed by atoms with van der Waals surface area (Å²) in [5.41, 5.74) is 0. The molecule has 4 nitrogen and oxygen atoms in total. The lowest BCUT2D eigenvalue weighted by molar-refractivity contribution is 0.0559. The van der Waals surface area contributed by atoms with Crippen molar-refractivity contribution in [2.24, 2.45) is 5.92 Å². The van der Waals surface area contributed by atoms with Crippen molar-refractivity contribution in [1.29, 1.82) is 0 Å². The lowest BCUT2D eigenvalue weighted by atomic mass is 10.2. The summed E-state index contributed by atoms with van der Waals surface area (Å²) in [6.45, 7) is 6.55. The number of rotatable bonds is 3. The summed E-state index contributed by atoms with van der Waals surface area (Å²) in [6.07, 6.45) is 1.23. The van der Waals surface area contributed by atoms with Gasteiger partial charge in [-0.3, -0.25) is 4.90 Å². The molecule has 2 atom stereocenters. The molecule has 0 amide bonds. The van der Waals surface area contributed by atoms with E-state index in [9.17, 15) is 4.79 Å². The molecule has 2 heterocycles. The van der Waals surface area contributed by atoms with Crippen LogP contribution in [-0.2, 0) is 4.74 Å². The summed E-state index contributed by atoms with van der Waals surface area (Å²) in [5, 5.41) is 0. The molecule has 0 aromatic carbocycles. The zero-order chi connectivity index (χ0) is 12.4. The third-order valence-electron chi connectivity index (χ3n) is 3.43. The molecule has 0 aliphatic carbocycles. The molecular formula is C13H19NO3. The Bertz CT molecular complexity index is 399. The van der Waals surface area contributed by atoms with Gasteiger partial charge in [-0.2, -0.15) is 0 Å². The van der Waals surface area contributed by atoms with Gasteiger partial charge in [-0.15, -0.1) is 0 Å². The molecule has 0 radical (unpaired) electrons. The first-order valence-corrected chi connectivity index (χ1v) is 6.04. The maximum Gasteiger partial charge on any atom is 0.373 e. The monoisotopic (exact) mass is 237 g/mol. The van der Waals surface area contributed by atoms with Crippen molar-refractivity contribution in [2.45, 2.75) is 26.3 Å². The highest BCUT2D eigenvalue weighted by molar-refractivity contribution is 5.86. The van der Waals surface area contributed by atoms with Gasteiger partial charge < -0.3 is 9.15 Å². The van der Waals surface area contributed by atoms with Crippen molar-refractivity contribution < 1.29 is 13.9 Å². The van der Waals surface area contributed by atoms with Crippen molar-refractivity contribution in [3.8, 4) is 0 Å². The first-order valence-electron chi connectivity index (χ1n) is 6.04. The van der Waals surface area contributed by atoms with Crippen molar-refractivity contribution in [1.82, 2.24) is 4.90 Å². The fourth-order valence-corrected chi connectivity index (χ4v) is 2.29. The number of ether oxygens (including phenoxy) is 1. The zero-order valence-electron chi connectivity index (χ0n) is 10.6. The fraction of sp³-hybridized carbons (Fsp3) is 0.615. The number of furan rings is 1. The number of hydrogen-bond donors (Lipinski definition) is 0. The molecule has 1 aromatic heterocycles. The van der Waals surface area contributed by atoms with Gasteiger partial charge in [0.25, 0.3) is 0 Å².